The van der Waals surface area contributed by atoms with Crippen LogP contribution >= 0.6 is 0 Å². The molecule has 2 fully saturated rings. The van der Waals surface area contributed by atoms with Crippen LogP contribution in [-0.2, 0) is 33.2 Å². The third kappa shape index (κ3) is 5.80. The van der Waals surface area contributed by atoms with Crippen molar-refractivity contribution in [3.63, 3.8) is 0 Å². The fraction of sp³-hybridized carbons (Fsp3) is 0.414. The summed E-state index contributed by atoms with van der Waals surface area (Å²) >= 11 is 0. The molecule has 3 aliphatic rings. The molecular weight excluding hydrogens is 566 g/mol. The van der Waals surface area contributed by atoms with Crippen LogP contribution in [0, 0.1) is 20.2 Å². The molecule has 0 saturated carbocycles. The SMILES string of the molecule is COC1(OC)C=CC(C(=O)N(c2ccccc2[N+](=O)[O-])c2ccccc2[N+](=O)[O-])=CC1(OC1CCOC1)OC1CCOC1. The Morgan fingerprint density at radius 3 is 1.74 bits per heavy atom. The zero-order valence-corrected chi connectivity index (χ0v) is 23.6. The molecule has 0 N–H and O–H groups in total. The third-order valence-corrected chi connectivity index (χ3v) is 7.47. The molecule has 228 valence electrons. The lowest BCUT2D eigenvalue weighted by atomic mass is 9.92. The first kappa shape index (κ1) is 30.4. The average Bonchev–Trinajstić information content (AvgIpc) is 3.72. The van der Waals surface area contributed by atoms with Crippen LogP contribution in [-0.4, -0.2) is 80.2 Å². The monoisotopic (exact) mass is 597 g/mol. The van der Waals surface area contributed by atoms with E-state index in [9.17, 15) is 25.0 Å². The number of ether oxygens (including phenoxy) is 6. The number of nitro groups is 2. The van der Waals surface area contributed by atoms with Crippen LogP contribution in [0.5, 0.6) is 0 Å². The Morgan fingerprint density at radius 1 is 0.837 bits per heavy atom. The van der Waals surface area contributed by atoms with Crippen molar-refractivity contribution in [2.45, 2.75) is 36.6 Å². The number of anilines is 2. The van der Waals surface area contributed by atoms with Gasteiger partial charge in [0.2, 0.25) is 11.6 Å². The van der Waals surface area contributed by atoms with E-state index in [4.69, 9.17) is 28.4 Å². The van der Waals surface area contributed by atoms with Crippen molar-refractivity contribution in [2.75, 3.05) is 45.5 Å². The highest BCUT2D eigenvalue weighted by Crippen LogP contribution is 2.45. The van der Waals surface area contributed by atoms with E-state index in [1.54, 1.807) is 0 Å². The molecule has 14 heteroatoms. The Hall–Kier alpha value is -4.05. The summed E-state index contributed by atoms with van der Waals surface area (Å²) in [6.07, 6.45) is 4.44. The quantitative estimate of drug-likeness (QED) is 0.209. The van der Waals surface area contributed by atoms with Gasteiger partial charge in [-0.1, -0.05) is 24.3 Å². The van der Waals surface area contributed by atoms with Gasteiger partial charge in [-0.3, -0.25) is 29.9 Å². The first-order valence-corrected chi connectivity index (χ1v) is 13.6. The number of para-hydroxylation sites is 4. The minimum Gasteiger partial charge on any atom is -0.379 e. The second kappa shape index (κ2) is 12.7. The molecule has 5 rings (SSSR count). The Morgan fingerprint density at radius 2 is 1.33 bits per heavy atom. The second-order valence-electron chi connectivity index (χ2n) is 10.0. The number of nitro benzene ring substituents is 2. The lowest BCUT2D eigenvalue weighted by Gasteiger charge is -2.47. The van der Waals surface area contributed by atoms with Gasteiger partial charge in [0.15, 0.2) is 0 Å². The summed E-state index contributed by atoms with van der Waals surface area (Å²) in [4.78, 5) is 38.2. The molecule has 2 aliphatic heterocycles. The van der Waals surface area contributed by atoms with Gasteiger partial charge in [-0.15, -0.1) is 0 Å². The van der Waals surface area contributed by atoms with E-state index in [1.165, 1.54) is 81.0 Å². The summed E-state index contributed by atoms with van der Waals surface area (Å²) < 4.78 is 35.8. The number of rotatable bonds is 11. The first-order valence-electron chi connectivity index (χ1n) is 13.6. The number of carbonyl (C=O) groups is 1. The van der Waals surface area contributed by atoms with Gasteiger partial charge in [-0.2, -0.15) is 0 Å². The zero-order valence-electron chi connectivity index (χ0n) is 23.6. The summed E-state index contributed by atoms with van der Waals surface area (Å²) in [5.41, 5.74) is -1.24. The van der Waals surface area contributed by atoms with Gasteiger partial charge in [0.1, 0.15) is 11.4 Å². The van der Waals surface area contributed by atoms with E-state index in [0.717, 1.165) is 4.90 Å². The number of hydrogen-bond acceptors (Lipinski definition) is 11. The number of amides is 1. The van der Waals surface area contributed by atoms with E-state index >= 15 is 0 Å². The van der Waals surface area contributed by atoms with Crippen LogP contribution in [0.15, 0.2) is 72.3 Å². The van der Waals surface area contributed by atoms with Crippen molar-refractivity contribution in [3.05, 3.63) is 92.6 Å². The molecule has 2 aromatic carbocycles. The number of carbonyl (C=O) groups excluding carboxylic acids is 1. The molecule has 2 atom stereocenters. The van der Waals surface area contributed by atoms with Crippen LogP contribution in [0.2, 0.25) is 0 Å². The summed E-state index contributed by atoms with van der Waals surface area (Å²) in [6.45, 7) is 1.42. The molecule has 2 heterocycles. The first-order chi connectivity index (χ1) is 20.7. The van der Waals surface area contributed by atoms with Crippen molar-refractivity contribution < 1.29 is 43.1 Å². The van der Waals surface area contributed by atoms with Gasteiger partial charge in [0.05, 0.1) is 35.3 Å². The molecule has 0 spiro atoms. The summed E-state index contributed by atoms with van der Waals surface area (Å²) in [5, 5.41) is 24.1. The van der Waals surface area contributed by atoms with Gasteiger partial charge in [-0.05, 0) is 43.2 Å². The predicted molar refractivity (Wildman–Crippen MR) is 151 cm³/mol. The number of methoxy groups -OCH3 is 2. The zero-order chi connectivity index (χ0) is 30.6. The average molecular weight is 598 g/mol. The number of nitrogens with zero attached hydrogens (tertiary/aromatic N) is 3. The van der Waals surface area contributed by atoms with Crippen molar-refractivity contribution in [3.8, 4) is 0 Å². The van der Waals surface area contributed by atoms with Gasteiger partial charge >= 0.3 is 0 Å². The minimum absolute atomic E-state index is 0.0427. The maximum Gasteiger partial charge on any atom is 0.293 e. The van der Waals surface area contributed by atoms with Gasteiger partial charge < -0.3 is 28.4 Å². The molecule has 1 amide bonds. The van der Waals surface area contributed by atoms with E-state index in [2.05, 4.69) is 0 Å². The Kier molecular flexibility index (Phi) is 8.96. The van der Waals surface area contributed by atoms with Crippen molar-refractivity contribution >= 4 is 28.7 Å². The van der Waals surface area contributed by atoms with Crippen LogP contribution in [0.4, 0.5) is 22.7 Å². The highest BCUT2D eigenvalue weighted by Gasteiger charge is 2.58. The fourth-order valence-corrected chi connectivity index (χ4v) is 5.37. The Bertz CT molecular complexity index is 1350. The van der Waals surface area contributed by atoms with Gasteiger partial charge in [0.25, 0.3) is 17.3 Å². The largest absolute Gasteiger partial charge is 0.379 e. The molecular formula is C29H31N3O11. The highest BCUT2D eigenvalue weighted by molar-refractivity contribution is 6.14. The molecule has 1 aliphatic carbocycles. The van der Waals surface area contributed by atoms with Crippen LogP contribution < -0.4 is 4.90 Å². The van der Waals surface area contributed by atoms with E-state index in [-0.39, 0.29) is 30.2 Å². The second-order valence-corrected chi connectivity index (χ2v) is 10.0. The van der Waals surface area contributed by atoms with Crippen molar-refractivity contribution in [1.82, 2.24) is 0 Å². The van der Waals surface area contributed by atoms with E-state index < -0.39 is 50.9 Å². The number of benzene rings is 2. The number of hydrogen-bond donors (Lipinski definition) is 0. The minimum atomic E-state index is -1.84. The lowest BCUT2D eigenvalue weighted by Crippen LogP contribution is -2.62. The summed E-state index contributed by atoms with van der Waals surface area (Å²) in [6, 6.07) is 11.0. The van der Waals surface area contributed by atoms with Crippen LogP contribution in [0.1, 0.15) is 12.8 Å². The van der Waals surface area contributed by atoms with Crippen molar-refractivity contribution in [1.29, 1.82) is 0 Å². The maximum absolute atomic E-state index is 14.5. The summed E-state index contributed by atoms with van der Waals surface area (Å²) in [5.74, 6) is -4.32. The maximum atomic E-state index is 14.5. The molecule has 43 heavy (non-hydrogen) atoms. The van der Waals surface area contributed by atoms with Crippen LogP contribution in [0.25, 0.3) is 0 Å². The molecule has 0 radical (unpaired) electrons. The van der Waals surface area contributed by atoms with Crippen molar-refractivity contribution in [2.24, 2.45) is 0 Å². The fourth-order valence-electron chi connectivity index (χ4n) is 5.37. The van der Waals surface area contributed by atoms with Crippen LogP contribution in [0.3, 0.4) is 0 Å². The van der Waals surface area contributed by atoms with E-state index in [1.807, 2.05) is 0 Å². The Balaban J connectivity index is 1.69. The normalized spacial score (nSPS) is 24.5. The summed E-state index contributed by atoms with van der Waals surface area (Å²) in [7, 11) is 2.80. The van der Waals surface area contributed by atoms with Gasteiger partial charge in [-0.25, -0.2) is 0 Å². The smallest absolute Gasteiger partial charge is 0.293 e. The molecule has 0 aromatic heterocycles. The topological polar surface area (TPSA) is 162 Å². The predicted octanol–water partition coefficient (Wildman–Crippen LogP) is 3.96. The standard InChI is InChI=1S/C29H31N3O11/c1-38-28(39-2)14-11-20(17-29(28,42-21-12-15-40-18-21)43-22-13-16-41-19-22)27(33)30(23-7-3-5-9-25(23)31(34)35)24-8-4-6-10-26(24)32(36)37/h3-11,14,17,21-22H,12-13,15-16,18-19H2,1-2H3. The lowest BCUT2D eigenvalue weighted by molar-refractivity contribution is -0.384. The molecule has 2 unspecified atom stereocenters. The molecule has 2 aromatic rings. The van der Waals surface area contributed by atoms with E-state index in [0.29, 0.717) is 26.1 Å². The highest BCUT2D eigenvalue weighted by atomic mass is 16.8. The Labute approximate surface area is 246 Å². The van der Waals surface area contributed by atoms with Gasteiger partial charge in [0, 0.05) is 45.1 Å². The molecule has 2 saturated heterocycles. The molecule has 14 nitrogen and oxygen atoms in total. The molecule has 0 bridgehead atoms. The third-order valence-electron chi connectivity index (χ3n) is 7.47.